The number of sulfonamides is 1. The maximum atomic E-state index is 12.7. The summed E-state index contributed by atoms with van der Waals surface area (Å²) in [4.78, 5) is 36.7. The predicted octanol–water partition coefficient (Wildman–Crippen LogP) is 2.04. The molecule has 0 unspecified atom stereocenters. The molecule has 2 aromatic heterocycles. The number of rotatable bonds is 6. The number of carbonyl (C=O) groups is 3. The lowest BCUT2D eigenvalue weighted by molar-refractivity contribution is -0.120. The monoisotopic (exact) mass is 471 g/mol. The molecule has 0 spiro atoms. The number of hydrogen-bond donors (Lipinski definition) is 2. The summed E-state index contributed by atoms with van der Waals surface area (Å²) in [5, 5.41) is 4.58. The van der Waals surface area contributed by atoms with Gasteiger partial charge < -0.3 is 15.8 Å². The van der Waals surface area contributed by atoms with Crippen LogP contribution in [0.1, 0.15) is 38.4 Å². The quantitative estimate of drug-likeness (QED) is 0.619. The summed E-state index contributed by atoms with van der Waals surface area (Å²) in [6, 6.07) is 3.24. The van der Waals surface area contributed by atoms with Crippen LogP contribution in [0, 0.1) is 12.8 Å². The molecule has 0 aromatic carbocycles. The van der Waals surface area contributed by atoms with Crippen molar-refractivity contribution in [2.24, 2.45) is 11.7 Å². The summed E-state index contributed by atoms with van der Waals surface area (Å²) in [6.07, 6.45) is 0.688. The van der Waals surface area contributed by atoms with E-state index in [-0.39, 0.29) is 38.6 Å². The molecule has 9 nitrogen and oxygen atoms in total. The molecule has 3 heterocycles. The van der Waals surface area contributed by atoms with Crippen molar-refractivity contribution in [3.63, 3.8) is 0 Å². The van der Waals surface area contributed by atoms with Gasteiger partial charge in [-0.2, -0.15) is 4.31 Å². The van der Waals surface area contributed by atoms with E-state index in [1.807, 2.05) is 0 Å². The fourth-order valence-electron chi connectivity index (χ4n) is 3.30. The van der Waals surface area contributed by atoms with Gasteiger partial charge in [0.1, 0.15) is 14.1 Å². The highest BCUT2D eigenvalue weighted by Crippen LogP contribution is 2.34. The number of primary amides is 1. The number of anilines is 1. The number of methoxy groups -OCH3 is 1. The van der Waals surface area contributed by atoms with Crippen LogP contribution in [-0.4, -0.2) is 50.7 Å². The number of hydrogen-bond acceptors (Lipinski definition) is 8. The van der Waals surface area contributed by atoms with E-state index in [0.717, 1.165) is 22.7 Å². The largest absolute Gasteiger partial charge is 0.465 e. The summed E-state index contributed by atoms with van der Waals surface area (Å²) in [5.74, 6) is -2.15. The Morgan fingerprint density at radius 3 is 2.47 bits per heavy atom. The van der Waals surface area contributed by atoms with Gasteiger partial charge in [0.25, 0.3) is 15.9 Å². The van der Waals surface area contributed by atoms with Crippen LogP contribution in [0.2, 0.25) is 0 Å². The lowest BCUT2D eigenvalue weighted by Gasteiger charge is -2.30. The second-order valence-electron chi connectivity index (χ2n) is 6.72. The number of esters is 1. The molecule has 2 aromatic rings. The van der Waals surface area contributed by atoms with Crippen LogP contribution in [-0.2, 0) is 19.6 Å². The summed E-state index contributed by atoms with van der Waals surface area (Å²) in [5.41, 5.74) is 5.86. The summed E-state index contributed by atoms with van der Waals surface area (Å²) in [7, 11) is -2.33. The maximum Gasteiger partial charge on any atom is 0.348 e. The zero-order valence-corrected chi connectivity index (χ0v) is 18.8. The van der Waals surface area contributed by atoms with E-state index in [0.29, 0.717) is 18.4 Å². The fourth-order valence-corrected chi connectivity index (χ4v) is 7.04. The Morgan fingerprint density at radius 1 is 1.27 bits per heavy atom. The van der Waals surface area contributed by atoms with E-state index in [2.05, 4.69) is 5.32 Å². The van der Waals surface area contributed by atoms with Gasteiger partial charge in [-0.1, -0.05) is 6.07 Å². The van der Waals surface area contributed by atoms with E-state index in [1.165, 1.54) is 11.4 Å². The molecule has 0 saturated carbocycles. The molecule has 2 amide bonds. The Morgan fingerprint density at radius 2 is 1.93 bits per heavy atom. The molecule has 1 saturated heterocycles. The molecule has 3 rings (SSSR count). The van der Waals surface area contributed by atoms with Gasteiger partial charge in [-0.05, 0) is 36.8 Å². The zero-order chi connectivity index (χ0) is 22.1. The highest BCUT2D eigenvalue weighted by Gasteiger charge is 2.33. The molecule has 3 N–H and O–H groups in total. The average molecular weight is 472 g/mol. The van der Waals surface area contributed by atoms with Gasteiger partial charge in [0.2, 0.25) is 5.91 Å². The van der Waals surface area contributed by atoms with Crippen LogP contribution in [0.25, 0.3) is 0 Å². The Balaban J connectivity index is 1.71. The first-order valence-corrected chi connectivity index (χ1v) is 12.2. The minimum absolute atomic E-state index is 0.0754. The van der Waals surface area contributed by atoms with Crippen LogP contribution in [0.3, 0.4) is 0 Å². The van der Waals surface area contributed by atoms with Gasteiger partial charge in [0.05, 0.1) is 12.7 Å². The van der Waals surface area contributed by atoms with E-state index in [9.17, 15) is 22.8 Å². The second-order valence-corrected chi connectivity index (χ2v) is 10.8. The van der Waals surface area contributed by atoms with Crippen LogP contribution in [0.5, 0.6) is 0 Å². The Labute approximate surface area is 181 Å². The highest BCUT2D eigenvalue weighted by molar-refractivity contribution is 7.91. The van der Waals surface area contributed by atoms with E-state index in [1.54, 1.807) is 24.4 Å². The SMILES string of the molecule is COC(=O)c1sc(NC(=O)C2CCN(S(=O)(=O)c3cccs3)CC2)c(C(N)=O)c1C. The van der Waals surface area contributed by atoms with Crippen LogP contribution in [0.15, 0.2) is 21.7 Å². The number of nitrogens with one attached hydrogen (secondary N) is 1. The third kappa shape index (κ3) is 4.26. The van der Waals surface area contributed by atoms with Crippen molar-refractivity contribution in [2.45, 2.75) is 24.0 Å². The first-order chi connectivity index (χ1) is 14.2. The lowest BCUT2D eigenvalue weighted by Crippen LogP contribution is -2.41. The van der Waals surface area contributed by atoms with Crippen molar-refractivity contribution < 1.29 is 27.5 Å². The molecule has 162 valence electrons. The second kappa shape index (κ2) is 8.84. The van der Waals surface area contributed by atoms with Crippen molar-refractivity contribution in [1.82, 2.24) is 4.31 Å². The third-order valence-electron chi connectivity index (χ3n) is 4.91. The number of thiophene rings is 2. The Bertz CT molecular complexity index is 1070. The van der Waals surface area contributed by atoms with Gasteiger partial charge in [0.15, 0.2) is 0 Å². The van der Waals surface area contributed by atoms with Crippen molar-refractivity contribution in [1.29, 1.82) is 0 Å². The molecular formula is C18H21N3O6S3. The molecule has 12 heteroatoms. The van der Waals surface area contributed by atoms with Gasteiger partial charge in [-0.3, -0.25) is 9.59 Å². The van der Waals surface area contributed by atoms with E-state index >= 15 is 0 Å². The number of nitrogens with two attached hydrogens (primary N) is 1. The topological polar surface area (TPSA) is 136 Å². The van der Waals surface area contributed by atoms with Crippen LogP contribution >= 0.6 is 22.7 Å². The van der Waals surface area contributed by atoms with Crippen molar-refractivity contribution in [3.05, 3.63) is 33.5 Å². The lowest BCUT2D eigenvalue weighted by atomic mass is 9.97. The minimum atomic E-state index is -3.55. The van der Waals surface area contributed by atoms with E-state index < -0.39 is 27.8 Å². The summed E-state index contributed by atoms with van der Waals surface area (Å²) < 4.78 is 31.6. The molecule has 30 heavy (non-hydrogen) atoms. The molecule has 0 radical (unpaired) electrons. The Hall–Kier alpha value is -2.28. The van der Waals surface area contributed by atoms with Crippen LogP contribution < -0.4 is 11.1 Å². The molecular weight excluding hydrogens is 450 g/mol. The molecule has 0 bridgehead atoms. The first-order valence-electron chi connectivity index (χ1n) is 9.02. The number of amides is 2. The standard InChI is InChI=1S/C18H21N3O6S3/c1-10-13(15(19)22)17(29-14(10)18(24)27-2)20-16(23)11-5-7-21(8-6-11)30(25,26)12-4-3-9-28-12/h3-4,9,11H,5-8H2,1-2H3,(H2,19,22)(H,20,23). The van der Waals surface area contributed by atoms with Crippen molar-refractivity contribution in [2.75, 3.05) is 25.5 Å². The number of piperidine rings is 1. The number of carbonyl (C=O) groups excluding carboxylic acids is 3. The molecule has 1 aliphatic rings. The van der Waals surface area contributed by atoms with Gasteiger partial charge in [0, 0.05) is 19.0 Å². The minimum Gasteiger partial charge on any atom is -0.465 e. The van der Waals surface area contributed by atoms with Gasteiger partial charge in [-0.25, -0.2) is 13.2 Å². The summed E-state index contributed by atoms with van der Waals surface area (Å²) >= 11 is 2.09. The number of nitrogens with zero attached hydrogens (tertiary/aromatic N) is 1. The fraction of sp³-hybridized carbons (Fsp3) is 0.389. The molecule has 0 aliphatic carbocycles. The van der Waals surface area contributed by atoms with E-state index in [4.69, 9.17) is 10.5 Å². The normalized spacial score (nSPS) is 15.7. The molecule has 0 atom stereocenters. The average Bonchev–Trinajstić information content (AvgIpc) is 3.36. The van der Waals surface area contributed by atoms with Crippen molar-refractivity contribution in [3.8, 4) is 0 Å². The maximum absolute atomic E-state index is 12.7. The molecule has 1 aliphatic heterocycles. The van der Waals surface area contributed by atoms with Gasteiger partial charge in [-0.15, -0.1) is 22.7 Å². The van der Waals surface area contributed by atoms with Crippen LogP contribution in [0.4, 0.5) is 5.00 Å². The number of ether oxygens (including phenoxy) is 1. The van der Waals surface area contributed by atoms with Gasteiger partial charge >= 0.3 is 5.97 Å². The third-order valence-corrected chi connectivity index (χ3v) is 9.37. The first kappa shape index (κ1) is 22.4. The predicted molar refractivity (Wildman–Crippen MR) is 113 cm³/mol. The zero-order valence-electron chi connectivity index (χ0n) is 16.3. The smallest absolute Gasteiger partial charge is 0.348 e. The molecule has 1 fully saturated rings. The Kier molecular flexibility index (Phi) is 6.60. The van der Waals surface area contributed by atoms with Crippen molar-refractivity contribution >= 4 is 55.5 Å². The highest BCUT2D eigenvalue weighted by atomic mass is 32.2. The summed E-state index contributed by atoms with van der Waals surface area (Å²) in [6.45, 7) is 2.00.